The van der Waals surface area contributed by atoms with Crippen molar-refractivity contribution in [2.45, 2.75) is 0 Å². The number of aromatic nitrogens is 5. The summed E-state index contributed by atoms with van der Waals surface area (Å²) in [4.78, 5) is 4.59. The van der Waals surface area contributed by atoms with Crippen LogP contribution in [0.1, 0.15) is 5.56 Å². The van der Waals surface area contributed by atoms with Crippen molar-refractivity contribution in [1.82, 2.24) is 25.0 Å². The van der Waals surface area contributed by atoms with E-state index >= 15 is 0 Å². The maximum atomic E-state index is 7.78. The van der Waals surface area contributed by atoms with Crippen molar-refractivity contribution < 1.29 is 0 Å². The Kier molecular flexibility index (Phi) is 4.93. The minimum Gasteiger partial charge on any atom is -0.372 e. The first kappa shape index (κ1) is 18.2. The molecule has 0 amide bonds. The average molecular weight is 387 g/mol. The highest BCUT2D eigenvalue weighted by molar-refractivity contribution is 5.94. The fraction of sp³-hybridized carbons (Fsp3) is 0.100. The number of hydrogen-bond donors (Lipinski definition) is 5. The largest absolute Gasteiger partial charge is 0.372 e. The Bertz CT molecular complexity index is 1110. The maximum Gasteiger partial charge on any atom is 0.139 e. The summed E-state index contributed by atoms with van der Waals surface area (Å²) >= 11 is 0. The SMILES string of the molecule is CNc1nc(Nc2cc(-c3ccccc3)nn2C)cc(Nc2ccn[nH]2)c1C=N. The van der Waals surface area contributed by atoms with Crippen LogP contribution in [0, 0.1) is 5.41 Å². The van der Waals surface area contributed by atoms with Gasteiger partial charge >= 0.3 is 0 Å². The first-order valence-corrected chi connectivity index (χ1v) is 9.04. The third-order valence-electron chi connectivity index (χ3n) is 4.42. The molecule has 4 aromatic rings. The molecular weight excluding hydrogens is 366 g/mol. The molecule has 3 heterocycles. The number of nitrogens with one attached hydrogen (secondary N) is 5. The van der Waals surface area contributed by atoms with E-state index in [1.54, 1.807) is 17.9 Å². The second-order valence-electron chi connectivity index (χ2n) is 6.34. The van der Waals surface area contributed by atoms with E-state index < -0.39 is 0 Å². The molecule has 0 spiro atoms. The zero-order valence-corrected chi connectivity index (χ0v) is 16.1. The number of rotatable bonds is 7. The minimum absolute atomic E-state index is 0.581. The summed E-state index contributed by atoms with van der Waals surface area (Å²) in [6, 6.07) is 15.6. The van der Waals surface area contributed by atoms with E-state index in [2.05, 4.69) is 36.2 Å². The molecule has 0 aliphatic rings. The smallest absolute Gasteiger partial charge is 0.139 e. The molecule has 29 heavy (non-hydrogen) atoms. The van der Waals surface area contributed by atoms with E-state index in [1.165, 1.54) is 6.21 Å². The van der Waals surface area contributed by atoms with Crippen LogP contribution in [-0.2, 0) is 7.05 Å². The normalized spacial score (nSPS) is 10.6. The number of hydrogen-bond acceptors (Lipinski definition) is 7. The van der Waals surface area contributed by atoms with Gasteiger partial charge in [-0.1, -0.05) is 30.3 Å². The number of aromatic amines is 1. The molecule has 0 atom stereocenters. The number of benzene rings is 1. The van der Waals surface area contributed by atoms with Gasteiger partial charge in [0.1, 0.15) is 23.3 Å². The quantitative estimate of drug-likeness (QED) is 0.308. The summed E-state index contributed by atoms with van der Waals surface area (Å²) in [5.41, 5.74) is 3.27. The van der Waals surface area contributed by atoms with Crippen molar-refractivity contribution in [2.24, 2.45) is 7.05 Å². The third kappa shape index (κ3) is 3.79. The molecular formula is C20H21N9. The highest BCUT2D eigenvalue weighted by Crippen LogP contribution is 2.29. The third-order valence-corrected chi connectivity index (χ3v) is 4.42. The topological polar surface area (TPSA) is 119 Å². The predicted molar refractivity (Wildman–Crippen MR) is 115 cm³/mol. The maximum absolute atomic E-state index is 7.78. The molecule has 0 aliphatic carbocycles. The molecule has 0 bridgehead atoms. The summed E-state index contributed by atoms with van der Waals surface area (Å²) in [7, 11) is 3.65. The van der Waals surface area contributed by atoms with Crippen molar-refractivity contribution in [1.29, 1.82) is 5.41 Å². The fourth-order valence-electron chi connectivity index (χ4n) is 3.00. The van der Waals surface area contributed by atoms with Crippen LogP contribution in [0.5, 0.6) is 0 Å². The van der Waals surface area contributed by atoms with Gasteiger partial charge in [0.25, 0.3) is 0 Å². The van der Waals surface area contributed by atoms with Gasteiger partial charge in [-0.2, -0.15) is 10.2 Å². The number of anilines is 5. The summed E-state index contributed by atoms with van der Waals surface area (Å²) in [5.74, 6) is 2.72. The molecule has 1 aromatic carbocycles. The molecule has 0 aliphatic heterocycles. The molecule has 9 heteroatoms. The molecule has 0 fully saturated rings. The lowest BCUT2D eigenvalue weighted by molar-refractivity contribution is 0.779. The van der Waals surface area contributed by atoms with Crippen LogP contribution in [0.25, 0.3) is 11.3 Å². The van der Waals surface area contributed by atoms with Gasteiger partial charge in [-0.05, 0) is 0 Å². The van der Waals surface area contributed by atoms with E-state index in [0.29, 0.717) is 17.2 Å². The number of pyridine rings is 1. The van der Waals surface area contributed by atoms with Gasteiger partial charge in [-0.3, -0.25) is 9.78 Å². The lowest BCUT2D eigenvalue weighted by atomic mass is 10.1. The number of aryl methyl sites for hydroxylation is 1. The number of nitrogens with zero attached hydrogens (tertiary/aromatic N) is 4. The van der Waals surface area contributed by atoms with Crippen LogP contribution in [-0.4, -0.2) is 38.2 Å². The minimum atomic E-state index is 0.581. The van der Waals surface area contributed by atoms with Crippen LogP contribution < -0.4 is 16.0 Å². The molecule has 4 rings (SSSR count). The summed E-state index contributed by atoms with van der Waals surface area (Å²) in [5, 5.41) is 28.8. The van der Waals surface area contributed by atoms with Crippen molar-refractivity contribution >= 4 is 35.2 Å². The zero-order valence-electron chi connectivity index (χ0n) is 16.1. The Morgan fingerprint density at radius 2 is 1.93 bits per heavy atom. The van der Waals surface area contributed by atoms with Crippen LogP contribution in [0.2, 0.25) is 0 Å². The van der Waals surface area contributed by atoms with E-state index in [1.807, 2.05) is 55.6 Å². The highest BCUT2D eigenvalue weighted by atomic mass is 15.3. The molecule has 3 aromatic heterocycles. The van der Waals surface area contributed by atoms with E-state index in [0.717, 1.165) is 28.6 Å². The molecule has 5 N–H and O–H groups in total. The van der Waals surface area contributed by atoms with Gasteiger partial charge in [0, 0.05) is 44.1 Å². The number of H-pyrrole nitrogens is 1. The second kappa shape index (κ2) is 7.85. The van der Waals surface area contributed by atoms with E-state index in [-0.39, 0.29) is 0 Å². The van der Waals surface area contributed by atoms with E-state index in [4.69, 9.17) is 5.41 Å². The molecule has 0 saturated heterocycles. The molecule has 0 radical (unpaired) electrons. The predicted octanol–water partition coefficient (Wildman–Crippen LogP) is 3.73. The zero-order chi connectivity index (χ0) is 20.2. The summed E-state index contributed by atoms with van der Waals surface area (Å²) in [6.07, 6.45) is 2.92. The first-order valence-electron chi connectivity index (χ1n) is 9.04. The monoisotopic (exact) mass is 387 g/mol. The Morgan fingerprint density at radius 3 is 2.62 bits per heavy atom. The van der Waals surface area contributed by atoms with Crippen molar-refractivity contribution in [3.63, 3.8) is 0 Å². The molecule has 9 nitrogen and oxygen atoms in total. The van der Waals surface area contributed by atoms with Crippen LogP contribution in [0.4, 0.5) is 29.0 Å². The van der Waals surface area contributed by atoms with Gasteiger partial charge in [0.15, 0.2) is 0 Å². The van der Waals surface area contributed by atoms with Crippen LogP contribution in [0.3, 0.4) is 0 Å². The van der Waals surface area contributed by atoms with Gasteiger partial charge in [0.2, 0.25) is 0 Å². The van der Waals surface area contributed by atoms with E-state index in [9.17, 15) is 0 Å². The highest BCUT2D eigenvalue weighted by Gasteiger charge is 2.13. The van der Waals surface area contributed by atoms with Gasteiger partial charge in [-0.15, -0.1) is 0 Å². The van der Waals surface area contributed by atoms with Crippen molar-refractivity contribution in [2.75, 3.05) is 23.0 Å². The summed E-state index contributed by atoms with van der Waals surface area (Å²) < 4.78 is 1.77. The van der Waals surface area contributed by atoms with Crippen LogP contribution >= 0.6 is 0 Å². The fourth-order valence-corrected chi connectivity index (χ4v) is 3.00. The first-order chi connectivity index (χ1) is 14.2. The Hall–Kier alpha value is -4.14. The Morgan fingerprint density at radius 1 is 1.10 bits per heavy atom. The lowest BCUT2D eigenvalue weighted by Crippen LogP contribution is -2.07. The van der Waals surface area contributed by atoms with Crippen molar-refractivity contribution in [3.8, 4) is 11.3 Å². The standard InChI is InChI=1S/C20H21N9/c1-22-20-14(12-21)16(24-17-8-9-23-27-17)10-18(26-20)25-19-11-15(28-29(19)2)13-6-4-3-5-7-13/h3-12,21H,1-2H3,(H4,22,23,24,25,26,27). The van der Waals surface area contributed by atoms with Gasteiger partial charge in [0.05, 0.1) is 23.1 Å². The summed E-state index contributed by atoms with van der Waals surface area (Å²) in [6.45, 7) is 0. The second-order valence-corrected chi connectivity index (χ2v) is 6.34. The Balaban J connectivity index is 1.68. The molecule has 146 valence electrons. The average Bonchev–Trinajstić information content (AvgIpc) is 3.38. The van der Waals surface area contributed by atoms with Crippen LogP contribution in [0.15, 0.2) is 54.7 Å². The van der Waals surface area contributed by atoms with Crippen molar-refractivity contribution in [3.05, 3.63) is 60.3 Å². The molecule has 0 unspecified atom stereocenters. The van der Waals surface area contributed by atoms with Gasteiger partial charge < -0.3 is 21.4 Å². The lowest BCUT2D eigenvalue weighted by Gasteiger charge is -2.15. The molecule has 0 saturated carbocycles. The van der Waals surface area contributed by atoms with Gasteiger partial charge in [-0.25, -0.2) is 4.98 Å². The Labute approximate surface area is 167 Å².